The maximum atomic E-state index is 14.2. The number of halogens is 1. The molecule has 1 amide bonds. The van der Waals surface area contributed by atoms with Gasteiger partial charge in [-0.1, -0.05) is 12.1 Å². The van der Waals surface area contributed by atoms with Gasteiger partial charge in [-0.15, -0.1) is 0 Å². The molecule has 2 unspecified atom stereocenters. The molecule has 2 atom stereocenters. The van der Waals surface area contributed by atoms with Crippen molar-refractivity contribution in [3.63, 3.8) is 0 Å². The molecule has 7 nitrogen and oxygen atoms in total. The van der Waals surface area contributed by atoms with Gasteiger partial charge in [-0.3, -0.25) is 9.59 Å². The van der Waals surface area contributed by atoms with Crippen LogP contribution in [0.3, 0.4) is 0 Å². The molecule has 156 valence electrons. The Morgan fingerprint density at radius 3 is 2.83 bits per heavy atom. The minimum atomic E-state index is -0.554. The molecule has 30 heavy (non-hydrogen) atoms. The summed E-state index contributed by atoms with van der Waals surface area (Å²) < 4.78 is 21.0. The maximum Gasteiger partial charge on any atom is 0.266 e. The van der Waals surface area contributed by atoms with Crippen LogP contribution in [0.2, 0.25) is 0 Å². The lowest BCUT2D eigenvalue weighted by Gasteiger charge is -2.34. The number of nitrogens with two attached hydrogens (primary N) is 1. The van der Waals surface area contributed by atoms with Crippen molar-refractivity contribution >= 4 is 29.0 Å². The first-order valence-corrected chi connectivity index (χ1v) is 9.98. The quantitative estimate of drug-likeness (QED) is 0.625. The van der Waals surface area contributed by atoms with E-state index in [1.807, 2.05) is 6.92 Å². The van der Waals surface area contributed by atoms with E-state index in [4.69, 9.17) is 22.7 Å². The summed E-state index contributed by atoms with van der Waals surface area (Å²) in [5, 5.41) is 0.304. The lowest BCUT2D eigenvalue weighted by atomic mass is 10.1. The first-order chi connectivity index (χ1) is 14.4. The van der Waals surface area contributed by atoms with E-state index in [-0.39, 0.29) is 28.5 Å². The Bertz CT molecular complexity index is 1240. The van der Waals surface area contributed by atoms with Crippen LogP contribution < -0.4 is 11.3 Å². The number of carbonyl (C=O) groups is 1. The number of hydrogen-bond acceptors (Lipinski definition) is 5. The summed E-state index contributed by atoms with van der Waals surface area (Å²) in [5.41, 5.74) is 6.35. The molecule has 0 radical (unpaired) electrons. The molecular formula is C21H21FN4O3S. The van der Waals surface area contributed by atoms with Crippen LogP contribution in [0, 0.1) is 10.6 Å². The Morgan fingerprint density at radius 2 is 2.10 bits per heavy atom. The van der Waals surface area contributed by atoms with Gasteiger partial charge in [-0.05, 0) is 49.5 Å². The van der Waals surface area contributed by atoms with Crippen LogP contribution in [0.5, 0.6) is 0 Å². The summed E-state index contributed by atoms with van der Waals surface area (Å²) in [5.74, 6) is -0.732. The standard InChI is InChI=1S/C21H21FN4O3S/c1-12(23)18-11-25(8-9-29-18)19(27)13-6-7-14-16(10-13)24-21(30)26(20(14)28)17-5-3-2-4-15(17)22/h2-7,10,12,18H,8-9,11,23H2,1H3,(H,24,30). The van der Waals surface area contributed by atoms with E-state index in [1.165, 1.54) is 18.2 Å². The topological polar surface area (TPSA) is 93.4 Å². The molecule has 0 aliphatic carbocycles. The zero-order valence-electron chi connectivity index (χ0n) is 16.3. The molecule has 1 aromatic heterocycles. The zero-order valence-corrected chi connectivity index (χ0v) is 17.1. The predicted molar refractivity (Wildman–Crippen MR) is 114 cm³/mol. The van der Waals surface area contributed by atoms with Crippen molar-refractivity contribution in [2.45, 2.75) is 19.1 Å². The number of para-hydroxylation sites is 1. The fourth-order valence-electron chi connectivity index (χ4n) is 3.56. The van der Waals surface area contributed by atoms with Crippen LogP contribution in [0.25, 0.3) is 16.6 Å². The van der Waals surface area contributed by atoms with Crippen molar-refractivity contribution in [1.29, 1.82) is 0 Å². The van der Waals surface area contributed by atoms with Crippen molar-refractivity contribution in [2.75, 3.05) is 19.7 Å². The van der Waals surface area contributed by atoms with Gasteiger partial charge in [0.1, 0.15) is 5.82 Å². The third-order valence-electron chi connectivity index (χ3n) is 5.21. The van der Waals surface area contributed by atoms with Gasteiger partial charge in [-0.25, -0.2) is 8.96 Å². The minimum absolute atomic E-state index is 0.0468. The van der Waals surface area contributed by atoms with Gasteiger partial charge in [0.05, 0.1) is 29.3 Å². The number of ether oxygens (including phenoxy) is 1. The number of rotatable bonds is 3. The number of nitrogens with one attached hydrogen (secondary N) is 1. The highest BCUT2D eigenvalue weighted by molar-refractivity contribution is 7.71. The molecule has 0 bridgehead atoms. The number of nitrogens with zero attached hydrogens (tertiary/aromatic N) is 2. The first kappa shape index (κ1) is 20.4. The number of fused-ring (bicyclic) bond motifs is 1. The van der Waals surface area contributed by atoms with Gasteiger partial charge in [0.25, 0.3) is 11.5 Å². The lowest BCUT2D eigenvalue weighted by molar-refractivity contribution is -0.0300. The van der Waals surface area contributed by atoms with Crippen LogP contribution in [0.15, 0.2) is 47.3 Å². The summed E-state index contributed by atoms with van der Waals surface area (Å²) in [7, 11) is 0. The Morgan fingerprint density at radius 1 is 1.33 bits per heavy atom. The smallest absolute Gasteiger partial charge is 0.266 e. The van der Waals surface area contributed by atoms with Gasteiger partial charge in [0.15, 0.2) is 4.77 Å². The van der Waals surface area contributed by atoms with Gasteiger partial charge >= 0.3 is 0 Å². The number of aromatic amines is 1. The van der Waals surface area contributed by atoms with Gasteiger partial charge in [0, 0.05) is 24.7 Å². The summed E-state index contributed by atoms with van der Waals surface area (Å²) in [6.45, 7) is 3.13. The Labute approximate surface area is 176 Å². The summed E-state index contributed by atoms with van der Waals surface area (Å²) in [6.07, 6.45) is -0.220. The van der Waals surface area contributed by atoms with E-state index in [0.717, 1.165) is 4.57 Å². The largest absolute Gasteiger partial charge is 0.373 e. The molecule has 1 aliphatic heterocycles. The van der Waals surface area contributed by atoms with Crippen molar-refractivity contribution in [2.24, 2.45) is 5.73 Å². The predicted octanol–water partition coefficient (Wildman–Crippen LogP) is 2.38. The molecule has 1 fully saturated rings. The van der Waals surface area contributed by atoms with Crippen molar-refractivity contribution in [3.05, 3.63) is 69.0 Å². The van der Waals surface area contributed by atoms with Gasteiger partial charge in [-0.2, -0.15) is 0 Å². The molecule has 0 spiro atoms. The number of benzene rings is 2. The summed E-state index contributed by atoms with van der Waals surface area (Å²) in [6, 6.07) is 10.5. The highest BCUT2D eigenvalue weighted by atomic mass is 32.1. The van der Waals surface area contributed by atoms with E-state index in [1.54, 1.807) is 29.2 Å². The number of carbonyl (C=O) groups excluding carboxylic acids is 1. The fourth-order valence-corrected chi connectivity index (χ4v) is 3.85. The molecular weight excluding hydrogens is 407 g/mol. The molecule has 4 rings (SSSR count). The second kappa shape index (κ2) is 8.10. The molecule has 2 heterocycles. The van der Waals surface area contributed by atoms with Crippen LogP contribution in [0.1, 0.15) is 17.3 Å². The van der Waals surface area contributed by atoms with E-state index in [0.29, 0.717) is 36.2 Å². The van der Waals surface area contributed by atoms with Crippen LogP contribution >= 0.6 is 12.2 Å². The number of amides is 1. The summed E-state index contributed by atoms with van der Waals surface area (Å²) in [4.78, 5) is 30.6. The lowest BCUT2D eigenvalue weighted by Crippen LogP contribution is -2.51. The van der Waals surface area contributed by atoms with E-state index in [2.05, 4.69) is 4.98 Å². The highest BCUT2D eigenvalue weighted by Gasteiger charge is 2.27. The fraction of sp³-hybridized carbons (Fsp3) is 0.286. The highest BCUT2D eigenvalue weighted by Crippen LogP contribution is 2.18. The average Bonchev–Trinajstić information content (AvgIpc) is 2.74. The molecule has 1 aliphatic rings. The van der Waals surface area contributed by atoms with Crippen molar-refractivity contribution in [1.82, 2.24) is 14.5 Å². The van der Waals surface area contributed by atoms with Gasteiger partial charge < -0.3 is 20.4 Å². The summed E-state index contributed by atoms with van der Waals surface area (Å²) >= 11 is 5.30. The molecule has 2 aromatic carbocycles. The molecule has 9 heteroatoms. The number of H-pyrrole nitrogens is 1. The Hall–Kier alpha value is -2.88. The molecule has 0 saturated carbocycles. The molecule has 3 N–H and O–H groups in total. The number of hydrogen-bond donors (Lipinski definition) is 2. The number of morpholine rings is 1. The van der Waals surface area contributed by atoms with Crippen LogP contribution in [-0.2, 0) is 4.74 Å². The third kappa shape index (κ3) is 3.67. The second-order valence-corrected chi connectivity index (χ2v) is 7.69. The van der Waals surface area contributed by atoms with Crippen molar-refractivity contribution in [3.8, 4) is 5.69 Å². The van der Waals surface area contributed by atoms with Crippen molar-refractivity contribution < 1.29 is 13.9 Å². The Kier molecular flexibility index (Phi) is 5.50. The van der Waals surface area contributed by atoms with Crippen LogP contribution in [0.4, 0.5) is 4.39 Å². The average molecular weight is 428 g/mol. The number of aromatic nitrogens is 2. The molecule has 1 saturated heterocycles. The molecule has 3 aromatic rings. The van der Waals surface area contributed by atoms with E-state index in [9.17, 15) is 14.0 Å². The second-order valence-electron chi connectivity index (χ2n) is 7.30. The van der Waals surface area contributed by atoms with E-state index < -0.39 is 11.4 Å². The monoisotopic (exact) mass is 428 g/mol. The first-order valence-electron chi connectivity index (χ1n) is 9.57. The normalized spacial score (nSPS) is 17.8. The SMILES string of the molecule is CC(N)C1CN(C(=O)c2ccc3c(=O)n(-c4ccccc4F)c(=S)[nH]c3c2)CCO1. The van der Waals surface area contributed by atoms with E-state index >= 15 is 0 Å². The van der Waals surface area contributed by atoms with Crippen LogP contribution in [-0.4, -0.2) is 52.2 Å². The maximum absolute atomic E-state index is 14.2. The van der Waals surface area contributed by atoms with Gasteiger partial charge in [0.2, 0.25) is 0 Å². The third-order valence-corrected chi connectivity index (χ3v) is 5.49. The minimum Gasteiger partial charge on any atom is -0.373 e. The Balaban J connectivity index is 1.73. The zero-order chi connectivity index (χ0) is 21.4.